The van der Waals surface area contributed by atoms with E-state index >= 15 is 0 Å². The van der Waals surface area contributed by atoms with Crippen molar-refractivity contribution >= 4 is 5.91 Å². The molecule has 3 unspecified atom stereocenters. The third-order valence-electron chi connectivity index (χ3n) is 9.23. The number of amides is 1. The smallest absolute Gasteiger partial charge is 0.249 e. The zero-order valence-corrected chi connectivity index (χ0v) is 29.1. The van der Waals surface area contributed by atoms with Crippen molar-refractivity contribution in [3.63, 3.8) is 0 Å². The lowest BCUT2D eigenvalue weighted by Gasteiger charge is -2.23. The number of aliphatic hydroxyl groups excluding tert-OH is 3. The number of rotatable bonds is 35. The van der Waals surface area contributed by atoms with Gasteiger partial charge in [0.2, 0.25) is 5.91 Å². The van der Waals surface area contributed by atoms with Gasteiger partial charge in [-0.15, -0.1) is 0 Å². The molecule has 0 aliphatic heterocycles. The van der Waals surface area contributed by atoms with E-state index in [1.165, 1.54) is 154 Å². The van der Waals surface area contributed by atoms with Gasteiger partial charge in [0.1, 0.15) is 6.10 Å². The molecule has 5 nitrogen and oxygen atoms in total. The van der Waals surface area contributed by atoms with Crippen LogP contribution in [0.5, 0.6) is 0 Å². The van der Waals surface area contributed by atoms with E-state index in [4.69, 9.17) is 0 Å². The van der Waals surface area contributed by atoms with Crippen LogP contribution in [0, 0.1) is 0 Å². The third kappa shape index (κ3) is 29.8. The maximum Gasteiger partial charge on any atom is 0.249 e. The molecule has 258 valence electrons. The van der Waals surface area contributed by atoms with Crippen molar-refractivity contribution in [2.45, 2.75) is 231 Å². The number of carbonyl (C=O) groups excluding carboxylic acids is 1. The number of aliphatic hydroxyl groups is 3. The summed E-state index contributed by atoms with van der Waals surface area (Å²) in [6, 6.07) is -0.703. The van der Waals surface area contributed by atoms with E-state index in [2.05, 4.69) is 19.2 Å². The molecule has 0 saturated heterocycles. The maximum absolute atomic E-state index is 12.4. The summed E-state index contributed by atoms with van der Waals surface area (Å²) < 4.78 is 0. The summed E-state index contributed by atoms with van der Waals surface area (Å²) >= 11 is 0. The van der Waals surface area contributed by atoms with Crippen molar-refractivity contribution in [1.82, 2.24) is 5.32 Å². The Kier molecular flexibility index (Phi) is 33.7. The molecule has 0 fully saturated rings. The zero-order chi connectivity index (χ0) is 31.6. The fourth-order valence-corrected chi connectivity index (χ4v) is 6.13. The lowest BCUT2D eigenvalue weighted by atomic mass is 10.0. The van der Waals surface area contributed by atoms with Crippen molar-refractivity contribution in [1.29, 1.82) is 0 Å². The van der Waals surface area contributed by atoms with Crippen LogP contribution in [-0.2, 0) is 4.79 Å². The second kappa shape index (κ2) is 34.2. The summed E-state index contributed by atoms with van der Waals surface area (Å²) in [4.78, 5) is 12.4. The molecule has 3 atom stereocenters. The second-order valence-electron chi connectivity index (χ2n) is 13.5. The van der Waals surface area contributed by atoms with Crippen LogP contribution in [0.25, 0.3) is 0 Å². The van der Waals surface area contributed by atoms with Gasteiger partial charge in [-0.25, -0.2) is 0 Å². The van der Waals surface area contributed by atoms with Crippen molar-refractivity contribution in [3.8, 4) is 0 Å². The van der Waals surface area contributed by atoms with Crippen molar-refractivity contribution in [2.75, 3.05) is 6.61 Å². The molecule has 0 rings (SSSR count). The van der Waals surface area contributed by atoms with Crippen LogP contribution >= 0.6 is 0 Å². The molecule has 0 aromatic heterocycles. The maximum atomic E-state index is 12.4. The second-order valence-corrected chi connectivity index (χ2v) is 13.5. The molecular weight excluding hydrogens is 534 g/mol. The first kappa shape index (κ1) is 42.3. The van der Waals surface area contributed by atoms with Crippen LogP contribution in [0.3, 0.4) is 0 Å². The minimum atomic E-state index is -1.06. The molecule has 0 bridgehead atoms. The molecule has 4 N–H and O–H groups in total. The van der Waals surface area contributed by atoms with Gasteiger partial charge in [0.15, 0.2) is 0 Å². The Labute approximate surface area is 268 Å². The average Bonchev–Trinajstić information content (AvgIpc) is 3.01. The van der Waals surface area contributed by atoms with Gasteiger partial charge in [0, 0.05) is 0 Å². The van der Waals surface area contributed by atoms with Crippen molar-refractivity contribution < 1.29 is 20.1 Å². The Morgan fingerprint density at radius 3 is 1.05 bits per heavy atom. The van der Waals surface area contributed by atoms with Crippen LogP contribution in [0.4, 0.5) is 0 Å². The van der Waals surface area contributed by atoms with Crippen LogP contribution < -0.4 is 5.32 Å². The SMILES string of the molecule is CCCCCCCCCCCCCCCCCCCCC(O)C(CO)NC(=O)C(O)CCCCCCCCCCCCC. The van der Waals surface area contributed by atoms with Crippen molar-refractivity contribution in [2.24, 2.45) is 0 Å². The molecule has 0 aliphatic rings. The highest BCUT2D eigenvalue weighted by atomic mass is 16.3. The molecule has 0 saturated carbocycles. The Morgan fingerprint density at radius 2 is 0.744 bits per heavy atom. The topological polar surface area (TPSA) is 89.8 Å². The summed E-state index contributed by atoms with van der Waals surface area (Å²) in [6.45, 7) is 4.22. The highest BCUT2D eigenvalue weighted by Crippen LogP contribution is 2.16. The van der Waals surface area contributed by atoms with Crippen LogP contribution in [0.2, 0.25) is 0 Å². The van der Waals surface area contributed by atoms with Gasteiger partial charge in [0.05, 0.1) is 18.8 Å². The highest BCUT2D eigenvalue weighted by molar-refractivity contribution is 5.80. The lowest BCUT2D eigenvalue weighted by Crippen LogP contribution is -2.49. The fraction of sp³-hybridized carbons (Fsp3) is 0.974. The Hall–Kier alpha value is -0.650. The molecule has 0 aromatic carbocycles. The predicted molar refractivity (Wildman–Crippen MR) is 186 cm³/mol. The number of unbranched alkanes of at least 4 members (excludes halogenated alkanes) is 27. The van der Waals surface area contributed by atoms with Gasteiger partial charge in [0.25, 0.3) is 0 Å². The van der Waals surface area contributed by atoms with E-state index in [0.717, 1.165) is 32.1 Å². The minimum Gasteiger partial charge on any atom is -0.394 e. The van der Waals surface area contributed by atoms with E-state index in [1.54, 1.807) is 0 Å². The van der Waals surface area contributed by atoms with Gasteiger partial charge < -0.3 is 20.6 Å². The van der Waals surface area contributed by atoms with E-state index in [1.807, 2.05) is 0 Å². The zero-order valence-electron chi connectivity index (χ0n) is 29.1. The van der Waals surface area contributed by atoms with Crippen molar-refractivity contribution in [3.05, 3.63) is 0 Å². The summed E-state index contributed by atoms with van der Waals surface area (Å²) in [7, 11) is 0. The Bertz CT molecular complexity index is 558. The molecule has 0 aliphatic carbocycles. The highest BCUT2D eigenvalue weighted by Gasteiger charge is 2.23. The van der Waals surface area contributed by atoms with Gasteiger partial charge in [-0.3, -0.25) is 4.79 Å². The predicted octanol–water partition coefficient (Wildman–Crippen LogP) is 10.3. The molecule has 0 spiro atoms. The summed E-state index contributed by atoms with van der Waals surface area (Å²) in [5.74, 6) is -0.469. The summed E-state index contributed by atoms with van der Waals surface area (Å²) in [5, 5.41) is 33.1. The molecule has 1 amide bonds. The Morgan fingerprint density at radius 1 is 0.465 bits per heavy atom. The van der Waals surface area contributed by atoms with Crippen LogP contribution in [0.1, 0.15) is 213 Å². The summed E-state index contributed by atoms with van der Waals surface area (Å²) in [6.07, 6.45) is 36.6. The number of hydrogen-bond donors (Lipinski definition) is 4. The average molecular weight is 612 g/mol. The molecule has 0 aromatic rings. The van der Waals surface area contributed by atoms with E-state index < -0.39 is 24.2 Å². The third-order valence-corrected chi connectivity index (χ3v) is 9.23. The molecule has 0 radical (unpaired) electrons. The van der Waals surface area contributed by atoms with E-state index in [-0.39, 0.29) is 6.61 Å². The minimum absolute atomic E-state index is 0.308. The largest absolute Gasteiger partial charge is 0.394 e. The normalized spacial score (nSPS) is 13.7. The first-order valence-electron chi connectivity index (χ1n) is 19.3. The first-order valence-corrected chi connectivity index (χ1v) is 19.3. The van der Waals surface area contributed by atoms with Gasteiger partial charge in [-0.1, -0.05) is 200 Å². The molecule has 5 heteroatoms. The standard InChI is InChI=1S/C38H77NO4/c1-3-5-7-9-11-13-15-16-17-18-19-20-21-23-24-26-28-30-32-36(41)35(34-40)39-38(43)37(42)33-31-29-27-25-22-14-12-10-8-6-4-2/h35-37,40-42H,3-34H2,1-2H3,(H,39,43). The summed E-state index contributed by atoms with van der Waals surface area (Å²) in [5.41, 5.74) is 0. The number of nitrogens with one attached hydrogen (secondary N) is 1. The monoisotopic (exact) mass is 612 g/mol. The van der Waals surface area contributed by atoms with E-state index in [9.17, 15) is 20.1 Å². The first-order chi connectivity index (χ1) is 21.1. The molecule has 0 heterocycles. The lowest BCUT2D eigenvalue weighted by molar-refractivity contribution is -0.131. The molecular formula is C38H77NO4. The van der Waals surface area contributed by atoms with E-state index in [0.29, 0.717) is 12.8 Å². The quantitative estimate of drug-likeness (QED) is 0.0537. The van der Waals surface area contributed by atoms with Gasteiger partial charge in [-0.2, -0.15) is 0 Å². The van der Waals surface area contributed by atoms with Gasteiger partial charge in [-0.05, 0) is 12.8 Å². The molecule has 43 heavy (non-hydrogen) atoms. The fourth-order valence-electron chi connectivity index (χ4n) is 6.13. The van der Waals surface area contributed by atoms with Crippen LogP contribution in [-0.4, -0.2) is 46.1 Å². The van der Waals surface area contributed by atoms with Crippen LogP contribution in [0.15, 0.2) is 0 Å². The Balaban J connectivity index is 3.61. The number of carbonyl (C=O) groups is 1. The number of hydrogen-bond acceptors (Lipinski definition) is 4. The van der Waals surface area contributed by atoms with Gasteiger partial charge >= 0.3 is 0 Å².